The van der Waals surface area contributed by atoms with E-state index in [9.17, 15) is 0 Å². The van der Waals surface area contributed by atoms with Crippen LogP contribution in [0.25, 0.3) is 0 Å². The first-order chi connectivity index (χ1) is 11.5. The standard InChI is InChI=1S/C23H46N2/c1-11-12-15-23(9,21(7)19(4)5)25-17-14-20(6)22(8,24-10)16-13-18(2)3/h18-19,24-25H,6-7,11-17H2,1-5,8-10H3. The molecule has 0 aromatic heterocycles. The summed E-state index contributed by atoms with van der Waals surface area (Å²) in [5.41, 5.74) is 2.68. The van der Waals surface area contributed by atoms with Crippen molar-refractivity contribution < 1.29 is 0 Å². The Balaban J connectivity index is 4.79. The lowest BCUT2D eigenvalue weighted by atomic mass is 9.81. The van der Waals surface area contributed by atoms with Crippen molar-refractivity contribution in [3.63, 3.8) is 0 Å². The maximum absolute atomic E-state index is 4.41. The molecule has 0 bridgehead atoms. The van der Waals surface area contributed by atoms with Crippen LogP contribution >= 0.6 is 0 Å². The van der Waals surface area contributed by atoms with Crippen LogP contribution in [0.3, 0.4) is 0 Å². The lowest BCUT2D eigenvalue weighted by molar-refractivity contribution is 0.337. The Morgan fingerprint density at radius 1 is 1.00 bits per heavy atom. The summed E-state index contributed by atoms with van der Waals surface area (Å²) in [7, 11) is 2.06. The second-order valence-electron chi connectivity index (χ2n) is 8.91. The van der Waals surface area contributed by atoms with Gasteiger partial charge in [0.15, 0.2) is 0 Å². The predicted octanol–water partition coefficient (Wildman–Crippen LogP) is 6.10. The first-order valence-corrected chi connectivity index (χ1v) is 10.3. The fourth-order valence-electron chi connectivity index (χ4n) is 3.35. The summed E-state index contributed by atoms with van der Waals surface area (Å²) < 4.78 is 0. The Bertz CT molecular complexity index is 410. The average Bonchev–Trinajstić information content (AvgIpc) is 2.56. The molecule has 0 rings (SSSR count). The van der Waals surface area contributed by atoms with Gasteiger partial charge in [-0.25, -0.2) is 0 Å². The van der Waals surface area contributed by atoms with Crippen molar-refractivity contribution in [3.05, 3.63) is 24.3 Å². The van der Waals surface area contributed by atoms with Crippen LogP contribution in [0.15, 0.2) is 24.3 Å². The molecule has 0 aliphatic rings. The number of likely N-dealkylation sites (N-methyl/N-ethyl adjacent to an activating group) is 1. The second kappa shape index (κ2) is 11.2. The van der Waals surface area contributed by atoms with E-state index in [1.54, 1.807) is 0 Å². The van der Waals surface area contributed by atoms with Crippen molar-refractivity contribution >= 4 is 0 Å². The highest BCUT2D eigenvalue weighted by atomic mass is 15.0. The van der Waals surface area contributed by atoms with Gasteiger partial charge in [-0.1, -0.05) is 71.8 Å². The SMILES string of the molecule is C=C(CCNC(C)(CCCC)C(=C)C(C)C)C(C)(CCC(C)C)NC. The number of nitrogens with one attached hydrogen (secondary N) is 2. The number of rotatable bonds is 14. The Hall–Kier alpha value is -0.600. The van der Waals surface area contributed by atoms with E-state index in [4.69, 9.17) is 0 Å². The Labute approximate surface area is 158 Å². The highest BCUT2D eigenvalue weighted by Gasteiger charge is 2.29. The Morgan fingerprint density at radius 3 is 2.04 bits per heavy atom. The van der Waals surface area contributed by atoms with Gasteiger partial charge < -0.3 is 10.6 Å². The average molecular weight is 351 g/mol. The van der Waals surface area contributed by atoms with E-state index in [0.717, 1.165) is 31.7 Å². The summed E-state index contributed by atoms with van der Waals surface area (Å²) in [6.45, 7) is 25.7. The molecule has 0 amide bonds. The van der Waals surface area contributed by atoms with Gasteiger partial charge in [-0.15, -0.1) is 0 Å². The van der Waals surface area contributed by atoms with Crippen molar-refractivity contribution in [2.24, 2.45) is 11.8 Å². The Morgan fingerprint density at radius 2 is 1.60 bits per heavy atom. The molecule has 148 valence electrons. The monoisotopic (exact) mass is 350 g/mol. The van der Waals surface area contributed by atoms with Gasteiger partial charge in [-0.2, -0.15) is 0 Å². The molecule has 0 heterocycles. The van der Waals surface area contributed by atoms with Gasteiger partial charge in [-0.3, -0.25) is 0 Å². The van der Waals surface area contributed by atoms with Crippen molar-refractivity contribution in [2.45, 2.75) is 98.1 Å². The molecule has 0 aliphatic carbocycles. The molecule has 2 heteroatoms. The topological polar surface area (TPSA) is 24.1 Å². The third kappa shape index (κ3) is 8.09. The van der Waals surface area contributed by atoms with E-state index in [-0.39, 0.29) is 11.1 Å². The fraction of sp³-hybridized carbons (Fsp3) is 0.826. The van der Waals surface area contributed by atoms with E-state index in [1.807, 2.05) is 0 Å². The van der Waals surface area contributed by atoms with Crippen LogP contribution in [-0.4, -0.2) is 24.7 Å². The molecule has 0 aromatic rings. The van der Waals surface area contributed by atoms with Crippen LogP contribution in [0.2, 0.25) is 0 Å². The first-order valence-electron chi connectivity index (χ1n) is 10.3. The van der Waals surface area contributed by atoms with E-state index in [2.05, 4.69) is 79.3 Å². The van der Waals surface area contributed by atoms with E-state index in [1.165, 1.54) is 30.4 Å². The molecule has 2 unspecified atom stereocenters. The zero-order valence-electron chi connectivity index (χ0n) is 18.5. The quantitative estimate of drug-likeness (QED) is 0.370. The third-order valence-corrected chi connectivity index (χ3v) is 5.93. The van der Waals surface area contributed by atoms with Gasteiger partial charge >= 0.3 is 0 Å². The maximum Gasteiger partial charge on any atom is 0.0365 e. The molecule has 2 N–H and O–H groups in total. The van der Waals surface area contributed by atoms with Crippen molar-refractivity contribution in [1.29, 1.82) is 0 Å². The number of hydrogen-bond donors (Lipinski definition) is 2. The molecule has 2 nitrogen and oxygen atoms in total. The van der Waals surface area contributed by atoms with Gasteiger partial charge in [0.2, 0.25) is 0 Å². The molecule has 0 aromatic carbocycles. The van der Waals surface area contributed by atoms with Gasteiger partial charge in [0.1, 0.15) is 0 Å². The minimum absolute atomic E-state index is 0.0262. The molecule has 0 saturated carbocycles. The van der Waals surface area contributed by atoms with E-state index < -0.39 is 0 Å². The molecule has 0 saturated heterocycles. The number of unbranched alkanes of at least 4 members (excludes halogenated alkanes) is 1. The van der Waals surface area contributed by atoms with Crippen LogP contribution in [0.1, 0.15) is 87.0 Å². The summed E-state index contributed by atoms with van der Waals surface area (Å²) in [4.78, 5) is 0. The summed E-state index contributed by atoms with van der Waals surface area (Å²) in [6, 6.07) is 0. The molecular formula is C23H46N2. The lowest BCUT2D eigenvalue weighted by Crippen LogP contribution is -2.47. The zero-order chi connectivity index (χ0) is 19.7. The smallest absolute Gasteiger partial charge is 0.0365 e. The van der Waals surface area contributed by atoms with Gasteiger partial charge in [0.25, 0.3) is 0 Å². The minimum Gasteiger partial charge on any atom is -0.311 e. The largest absolute Gasteiger partial charge is 0.311 e. The van der Waals surface area contributed by atoms with Crippen LogP contribution < -0.4 is 10.6 Å². The molecule has 0 aliphatic heterocycles. The molecule has 0 fully saturated rings. The van der Waals surface area contributed by atoms with Gasteiger partial charge in [-0.05, 0) is 65.0 Å². The van der Waals surface area contributed by atoms with E-state index >= 15 is 0 Å². The van der Waals surface area contributed by atoms with Crippen LogP contribution in [0.4, 0.5) is 0 Å². The van der Waals surface area contributed by atoms with Crippen LogP contribution in [0.5, 0.6) is 0 Å². The highest BCUT2D eigenvalue weighted by molar-refractivity contribution is 5.19. The van der Waals surface area contributed by atoms with Gasteiger partial charge in [0, 0.05) is 11.1 Å². The summed E-state index contributed by atoms with van der Waals surface area (Å²) in [5.74, 6) is 1.23. The zero-order valence-corrected chi connectivity index (χ0v) is 18.5. The molecule has 0 spiro atoms. The fourth-order valence-corrected chi connectivity index (χ4v) is 3.35. The Kier molecular flexibility index (Phi) is 10.9. The summed E-state index contributed by atoms with van der Waals surface area (Å²) in [6.07, 6.45) is 6.99. The normalized spacial score (nSPS) is 16.7. The van der Waals surface area contributed by atoms with Crippen molar-refractivity contribution in [1.82, 2.24) is 10.6 Å². The summed E-state index contributed by atoms with van der Waals surface area (Å²) >= 11 is 0. The maximum atomic E-state index is 4.41. The van der Waals surface area contributed by atoms with Crippen LogP contribution in [0, 0.1) is 11.8 Å². The first kappa shape index (κ1) is 24.4. The van der Waals surface area contributed by atoms with Crippen molar-refractivity contribution in [3.8, 4) is 0 Å². The van der Waals surface area contributed by atoms with Crippen molar-refractivity contribution in [2.75, 3.05) is 13.6 Å². The second-order valence-corrected chi connectivity index (χ2v) is 8.91. The number of hydrogen-bond acceptors (Lipinski definition) is 2. The predicted molar refractivity (Wildman–Crippen MR) is 115 cm³/mol. The molecule has 0 radical (unpaired) electrons. The summed E-state index contributed by atoms with van der Waals surface area (Å²) in [5, 5.41) is 7.33. The third-order valence-electron chi connectivity index (χ3n) is 5.93. The molecule has 2 atom stereocenters. The highest BCUT2D eigenvalue weighted by Crippen LogP contribution is 2.29. The van der Waals surface area contributed by atoms with E-state index in [0.29, 0.717) is 5.92 Å². The molecule has 25 heavy (non-hydrogen) atoms. The molecular weight excluding hydrogens is 304 g/mol. The van der Waals surface area contributed by atoms with Crippen LogP contribution in [-0.2, 0) is 0 Å². The van der Waals surface area contributed by atoms with Gasteiger partial charge in [0.05, 0.1) is 0 Å². The minimum atomic E-state index is 0.0262. The lowest BCUT2D eigenvalue weighted by Gasteiger charge is -2.37.